The van der Waals surface area contributed by atoms with Crippen molar-refractivity contribution in [3.8, 4) is 0 Å². The van der Waals surface area contributed by atoms with Gasteiger partial charge in [-0.1, -0.05) is 13.8 Å². The number of aromatic nitrogens is 1. The summed E-state index contributed by atoms with van der Waals surface area (Å²) in [7, 11) is 0. The first-order valence-corrected chi connectivity index (χ1v) is 7.11. The first kappa shape index (κ1) is 13.8. The third-order valence-corrected chi connectivity index (χ3v) is 3.73. The number of thiazole rings is 1. The Morgan fingerprint density at radius 3 is 2.68 bits per heavy atom. The molecular weight excluding hydrogens is 266 g/mol. The highest BCUT2D eigenvalue weighted by Gasteiger charge is 2.27. The minimum Gasteiger partial charge on any atom is -0.480 e. The number of carbonyl (C=O) groups is 2. The zero-order valence-electron chi connectivity index (χ0n) is 10.8. The normalized spacial score (nSPS) is 16.2. The third-order valence-electron chi connectivity index (χ3n) is 2.96. The van der Waals surface area contributed by atoms with Crippen molar-refractivity contribution >= 4 is 28.5 Å². The van der Waals surface area contributed by atoms with Gasteiger partial charge in [0.1, 0.15) is 6.04 Å². The molecule has 2 amide bonds. The van der Waals surface area contributed by atoms with Gasteiger partial charge in [0.25, 0.3) is 0 Å². The van der Waals surface area contributed by atoms with Gasteiger partial charge in [0.15, 0.2) is 5.13 Å². The fourth-order valence-electron chi connectivity index (χ4n) is 1.70. The first-order valence-electron chi connectivity index (χ1n) is 6.23. The number of rotatable bonds is 5. The molecule has 1 fully saturated rings. The number of nitrogens with zero attached hydrogens (tertiary/aromatic N) is 1. The molecule has 1 aromatic heterocycles. The van der Waals surface area contributed by atoms with E-state index in [-0.39, 0.29) is 5.92 Å². The fraction of sp³-hybridized carbons (Fsp3) is 0.583. The van der Waals surface area contributed by atoms with Crippen molar-refractivity contribution in [1.82, 2.24) is 10.3 Å². The second-order valence-corrected chi connectivity index (χ2v) is 5.87. The quantitative estimate of drug-likeness (QED) is 0.773. The Bertz CT molecular complexity index is 482. The lowest BCUT2D eigenvalue weighted by Gasteiger charge is -2.17. The molecule has 1 aliphatic rings. The zero-order valence-corrected chi connectivity index (χ0v) is 11.7. The number of carboxylic acid groups (broad SMARTS) is 1. The Labute approximate surface area is 115 Å². The molecule has 0 radical (unpaired) electrons. The van der Waals surface area contributed by atoms with Crippen LogP contribution in [0.4, 0.5) is 9.93 Å². The molecule has 0 saturated heterocycles. The van der Waals surface area contributed by atoms with E-state index in [0.29, 0.717) is 11.0 Å². The summed E-state index contributed by atoms with van der Waals surface area (Å²) in [6.45, 7) is 3.49. The smallest absolute Gasteiger partial charge is 0.326 e. The molecular formula is C12H17N3O3S. The molecule has 3 N–H and O–H groups in total. The predicted octanol–water partition coefficient (Wildman–Crippen LogP) is 2.25. The Balaban J connectivity index is 1.90. The summed E-state index contributed by atoms with van der Waals surface area (Å²) in [6, 6.07) is -1.43. The average Bonchev–Trinajstić information content (AvgIpc) is 3.07. The molecule has 1 atom stereocenters. The number of urea groups is 1. The molecule has 19 heavy (non-hydrogen) atoms. The van der Waals surface area contributed by atoms with Gasteiger partial charge in [-0.3, -0.25) is 5.32 Å². The molecule has 0 aliphatic heterocycles. The minimum atomic E-state index is -1.04. The van der Waals surface area contributed by atoms with Crippen LogP contribution < -0.4 is 10.6 Å². The summed E-state index contributed by atoms with van der Waals surface area (Å²) in [4.78, 5) is 27.0. The van der Waals surface area contributed by atoms with Crippen LogP contribution in [0.1, 0.15) is 38.3 Å². The lowest BCUT2D eigenvalue weighted by atomic mass is 10.1. The van der Waals surface area contributed by atoms with Gasteiger partial charge in [-0.2, -0.15) is 0 Å². The maximum atomic E-state index is 11.7. The maximum absolute atomic E-state index is 11.7. The van der Waals surface area contributed by atoms with Crippen LogP contribution in [0.5, 0.6) is 0 Å². The van der Waals surface area contributed by atoms with E-state index < -0.39 is 18.0 Å². The van der Waals surface area contributed by atoms with Crippen LogP contribution in [-0.2, 0) is 4.79 Å². The number of carbonyl (C=O) groups excluding carboxylic acids is 1. The number of hydrogen-bond donors (Lipinski definition) is 3. The standard InChI is InChI=1S/C12H17N3O3S/c1-6(2)9(10(16)17)14-11(18)15-12-13-8(5-19-12)7-3-4-7/h5-7,9H,3-4H2,1-2H3,(H,16,17)(H2,13,14,15,18)/t9-/m1/s1. The monoisotopic (exact) mass is 283 g/mol. The highest BCUT2D eigenvalue weighted by atomic mass is 32.1. The minimum absolute atomic E-state index is 0.179. The molecule has 1 aromatic rings. The summed E-state index contributed by atoms with van der Waals surface area (Å²) >= 11 is 1.36. The third kappa shape index (κ3) is 3.66. The van der Waals surface area contributed by atoms with E-state index in [1.54, 1.807) is 13.8 Å². The van der Waals surface area contributed by atoms with Gasteiger partial charge in [0, 0.05) is 11.3 Å². The van der Waals surface area contributed by atoms with Crippen molar-refractivity contribution in [2.75, 3.05) is 5.32 Å². The van der Waals surface area contributed by atoms with E-state index in [9.17, 15) is 9.59 Å². The van der Waals surface area contributed by atoms with Crippen molar-refractivity contribution in [2.45, 2.75) is 38.6 Å². The molecule has 104 valence electrons. The predicted molar refractivity (Wildman–Crippen MR) is 72.5 cm³/mol. The Morgan fingerprint density at radius 1 is 1.47 bits per heavy atom. The van der Waals surface area contributed by atoms with E-state index in [0.717, 1.165) is 18.5 Å². The van der Waals surface area contributed by atoms with Crippen LogP contribution in [0.15, 0.2) is 5.38 Å². The lowest BCUT2D eigenvalue weighted by Crippen LogP contribution is -2.46. The first-order chi connectivity index (χ1) is 8.97. The molecule has 0 spiro atoms. The molecule has 1 heterocycles. The molecule has 1 saturated carbocycles. The molecule has 1 aliphatic carbocycles. The fourth-order valence-corrected chi connectivity index (χ4v) is 2.49. The maximum Gasteiger partial charge on any atom is 0.326 e. The van der Waals surface area contributed by atoms with Crippen molar-refractivity contribution in [3.05, 3.63) is 11.1 Å². The SMILES string of the molecule is CC(C)[C@@H](NC(=O)Nc1nc(C2CC2)cs1)C(=O)O. The van der Waals surface area contributed by atoms with E-state index >= 15 is 0 Å². The highest BCUT2D eigenvalue weighted by Crippen LogP contribution is 2.40. The summed E-state index contributed by atoms with van der Waals surface area (Å²) in [5.74, 6) is -0.679. The van der Waals surface area contributed by atoms with Crippen LogP contribution in [0.25, 0.3) is 0 Å². The van der Waals surface area contributed by atoms with Gasteiger partial charge >= 0.3 is 12.0 Å². The summed E-state index contributed by atoms with van der Waals surface area (Å²) < 4.78 is 0. The van der Waals surface area contributed by atoms with Gasteiger partial charge in [-0.15, -0.1) is 11.3 Å². The Morgan fingerprint density at radius 2 is 2.16 bits per heavy atom. The highest BCUT2D eigenvalue weighted by molar-refractivity contribution is 7.13. The molecule has 2 rings (SSSR count). The van der Waals surface area contributed by atoms with Gasteiger partial charge in [-0.05, 0) is 18.8 Å². The second-order valence-electron chi connectivity index (χ2n) is 5.01. The summed E-state index contributed by atoms with van der Waals surface area (Å²) in [6.07, 6.45) is 2.31. The molecule has 6 nitrogen and oxygen atoms in total. The number of aliphatic carboxylic acids is 1. The van der Waals surface area contributed by atoms with Crippen LogP contribution >= 0.6 is 11.3 Å². The van der Waals surface area contributed by atoms with Gasteiger partial charge in [-0.25, -0.2) is 14.6 Å². The Kier molecular flexibility index (Phi) is 4.04. The molecule has 0 unspecified atom stereocenters. The average molecular weight is 283 g/mol. The van der Waals surface area contributed by atoms with Gasteiger partial charge in [0.05, 0.1) is 5.69 Å². The van der Waals surface area contributed by atoms with Crippen molar-refractivity contribution in [3.63, 3.8) is 0 Å². The van der Waals surface area contributed by atoms with E-state index in [1.165, 1.54) is 11.3 Å². The number of nitrogens with one attached hydrogen (secondary N) is 2. The van der Waals surface area contributed by atoms with Crippen LogP contribution in [0, 0.1) is 5.92 Å². The van der Waals surface area contributed by atoms with Gasteiger partial charge in [0.2, 0.25) is 0 Å². The number of anilines is 1. The van der Waals surface area contributed by atoms with Crippen LogP contribution in [0.2, 0.25) is 0 Å². The van der Waals surface area contributed by atoms with Gasteiger partial charge < -0.3 is 10.4 Å². The molecule has 7 heteroatoms. The van der Waals surface area contributed by atoms with Crippen molar-refractivity contribution in [2.24, 2.45) is 5.92 Å². The number of amides is 2. The van der Waals surface area contributed by atoms with Crippen LogP contribution in [0.3, 0.4) is 0 Å². The second kappa shape index (κ2) is 5.56. The zero-order chi connectivity index (χ0) is 14.0. The number of carboxylic acids is 1. The molecule has 0 aromatic carbocycles. The summed E-state index contributed by atoms with van der Waals surface area (Å²) in [5.41, 5.74) is 1.01. The van der Waals surface area contributed by atoms with Crippen LogP contribution in [-0.4, -0.2) is 28.1 Å². The Hall–Kier alpha value is -1.63. The lowest BCUT2D eigenvalue weighted by molar-refractivity contribution is -0.140. The summed E-state index contributed by atoms with van der Waals surface area (Å²) in [5, 5.41) is 16.4. The van der Waals surface area contributed by atoms with Crippen molar-refractivity contribution in [1.29, 1.82) is 0 Å². The van der Waals surface area contributed by atoms with E-state index in [4.69, 9.17) is 5.11 Å². The largest absolute Gasteiger partial charge is 0.480 e. The van der Waals surface area contributed by atoms with E-state index in [2.05, 4.69) is 15.6 Å². The topological polar surface area (TPSA) is 91.3 Å². The molecule has 0 bridgehead atoms. The van der Waals surface area contributed by atoms with Crippen molar-refractivity contribution < 1.29 is 14.7 Å². The van der Waals surface area contributed by atoms with E-state index in [1.807, 2.05) is 5.38 Å². The number of hydrogen-bond acceptors (Lipinski definition) is 4.